The average molecular weight is 489 g/mol. The minimum Gasteiger partial charge on any atom is -0.492 e. The number of fused-ring (bicyclic) bond motifs is 2. The van der Waals surface area contributed by atoms with Crippen LogP contribution in [0.4, 0.5) is 5.69 Å². The van der Waals surface area contributed by atoms with Gasteiger partial charge < -0.3 is 14.8 Å². The summed E-state index contributed by atoms with van der Waals surface area (Å²) in [6.45, 7) is 0.379. The first-order valence-electron chi connectivity index (χ1n) is 11.3. The SMILES string of the molecule is O=C(NCCOc1ccc2ccccc2c1)[C@H]1CN(S(=O)(=O)c2ccccc2)c2ccccc2O1. The summed E-state index contributed by atoms with van der Waals surface area (Å²) in [7, 11) is -3.87. The van der Waals surface area contributed by atoms with Gasteiger partial charge in [0.05, 0.1) is 23.7 Å². The maximum absolute atomic E-state index is 13.3. The zero-order valence-electron chi connectivity index (χ0n) is 18.8. The third-order valence-corrected chi connectivity index (χ3v) is 7.54. The number of sulfonamides is 1. The van der Waals surface area contributed by atoms with Crippen LogP contribution in [0.3, 0.4) is 0 Å². The van der Waals surface area contributed by atoms with Crippen LogP contribution in [0.5, 0.6) is 11.5 Å². The fraction of sp³-hybridized carbons (Fsp3) is 0.148. The lowest BCUT2D eigenvalue weighted by atomic mass is 10.1. The third kappa shape index (κ3) is 4.79. The topological polar surface area (TPSA) is 84.9 Å². The van der Waals surface area contributed by atoms with Crippen LogP contribution in [0.2, 0.25) is 0 Å². The molecule has 7 nitrogen and oxygen atoms in total. The number of carbonyl (C=O) groups is 1. The zero-order valence-corrected chi connectivity index (χ0v) is 19.6. The predicted octanol–water partition coefficient (Wildman–Crippen LogP) is 3.99. The fourth-order valence-corrected chi connectivity index (χ4v) is 5.50. The molecule has 1 aliphatic heterocycles. The second-order valence-electron chi connectivity index (χ2n) is 8.07. The van der Waals surface area contributed by atoms with Crippen LogP contribution in [0.15, 0.2) is 102 Å². The monoisotopic (exact) mass is 488 g/mol. The molecule has 0 aromatic heterocycles. The van der Waals surface area contributed by atoms with Gasteiger partial charge in [0.1, 0.15) is 18.1 Å². The van der Waals surface area contributed by atoms with E-state index < -0.39 is 22.0 Å². The number of hydrogen-bond acceptors (Lipinski definition) is 5. The minimum absolute atomic E-state index is 0.133. The summed E-state index contributed by atoms with van der Waals surface area (Å²) in [6, 6.07) is 28.8. The molecule has 0 fully saturated rings. The van der Waals surface area contributed by atoms with Gasteiger partial charge >= 0.3 is 0 Å². The van der Waals surface area contributed by atoms with Crippen LogP contribution in [-0.4, -0.2) is 40.1 Å². The number of anilines is 1. The molecule has 0 unspecified atom stereocenters. The molecule has 35 heavy (non-hydrogen) atoms. The Hall–Kier alpha value is -4.04. The maximum Gasteiger partial charge on any atom is 0.264 e. The molecule has 0 bridgehead atoms. The van der Waals surface area contributed by atoms with E-state index in [1.165, 1.54) is 16.4 Å². The maximum atomic E-state index is 13.3. The van der Waals surface area contributed by atoms with Gasteiger partial charge in [-0.25, -0.2) is 8.42 Å². The Morgan fingerprint density at radius 3 is 2.46 bits per heavy atom. The number of para-hydroxylation sites is 2. The third-order valence-electron chi connectivity index (χ3n) is 5.75. The van der Waals surface area contributed by atoms with Crippen LogP contribution in [0.1, 0.15) is 0 Å². The highest BCUT2D eigenvalue weighted by atomic mass is 32.2. The number of nitrogens with one attached hydrogen (secondary N) is 1. The lowest BCUT2D eigenvalue weighted by Crippen LogP contribution is -2.51. The molecule has 1 heterocycles. The molecular weight excluding hydrogens is 464 g/mol. The molecule has 1 amide bonds. The molecule has 8 heteroatoms. The minimum atomic E-state index is -3.87. The smallest absolute Gasteiger partial charge is 0.264 e. The van der Waals surface area contributed by atoms with E-state index in [4.69, 9.17) is 9.47 Å². The van der Waals surface area contributed by atoms with Gasteiger partial charge in [-0.1, -0.05) is 60.7 Å². The van der Waals surface area contributed by atoms with E-state index in [1.54, 1.807) is 42.5 Å². The van der Waals surface area contributed by atoms with E-state index in [-0.39, 0.29) is 24.6 Å². The Morgan fingerprint density at radius 1 is 0.914 bits per heavy atom. The highest BCUT2D eigenvalue weighted by molar-refractivity contribution is 7.92. The van der Waals surface area contributed by atoms with Crippen molar-refractivity contribution in [3.05, 3.63) is 97.1 Å². The molecule has 178 valence electrons. The first kappa shape index (κ1) is 22.7. The summed E-state index contributed by atoms with van der Waals surface area (Å²) in [5.41, 5.74) is 0.403. The second-order valence-corrected chi connectivity index (χ2v) is 9.93. The first-order valence-corrected chi connectivity index (χ1v) is 12.7. The van der Waals surface area contributed by atoms with Crippen molar-refractivity contribution in [3.8, 4) is 11.5 Å². The van der Waals surface area contributed by atoms with Crippen molar-refractivity contribution in [1.82, 2.24) is 5.32 Å². The summed E-state index contributed by atoms with van der Waals surface area (Å²) in [5.74, 6) is 0.640. The molecule has 4 aromatic rings. The molecule has 5 rings (SSSR count). The van der Waals surface area contributed by atoms with Gasteiger partial charge in [0.15, 0.2) is 6.10 Å². The van der Waals surface area contributed by atoms with Gasteiger partial charge in [0.2, 0.25) is 0 Å². The van der Waals surface area contributed by atoms with Gasteiger partial charge in [0, 0.05) is 0 Å². The molecule has 4 aromatic carbocycles. The molecule has 0 saturated heterocycles. The first-order chi connectivity index (χ1) is 17.0. The largest absolute Gasteiger partial charge is 0.492 e. The van der Waals surface area contributed by atoms with Gasteiger partial charge in [-0.3, -0.25) is 9.10 Å². The number of amides is 1. The Kier molecular flexibility index (Phi) is 6.29. The summed E-state index contributed by atoms with van der Waals surface area (Å²) < 4.78 is 39.6. The summed E-state index contributed by atoms with van der Waals surface area (Å²) >= 11 is 0. The molecule has 0 aliphatic carbocycles. The van der Waals surface area contributed by atoms with E-state index in [0.717, 1.165) is 10.8 Å². The summed E-state index contributed by atoms with van der Waals surface area (Å²) in [5, 5.41) is 4.99. The Bertz CT molecular complexity index is 1460. The van der Waals surface area contributed by atoms with Crippen molar-refractivity contribution in [2.24, 2.45) is 0 Å². The number of rotatable bonds is 7. The van der Waals surface area contributed by atoms with Crippen LogP contribution in [-0.2, 0) is 14.8 Å². The quantitative estimate of drug-likeness (QED) is 0.398. The number of carbonyl (C=O) groups excluding carboxylic acids is 1. The van der Waals surface area contributed by atoms with Gasteiger partial charge in [0.25, 0.3) is 15.9 Å². The van der Waals surface area contributed by atoms with Crippen molar-refractivity contribution in [2.45, 2.75) is 11.0 Å². The van der Waals surface area contributed by atoms with E-state index >= 15 is 0 Å². The van der Waals surface area contributed by atoms with Gasteiger partial charge in [-0.15, -0.1) is 0 Å². The number of nitrogens with zero attached hydrogens (tertiary/aromatic N) is 1. The highest BCUT2D eigenvalue weighted by Gasteiger charge is 2.37. The second kappa shape index (κ2) is 9.68. The number of ether oxygens (including phenoxy) is 2. The molecule has 0 spiro atoms. The van der Waals surface area contributed by atoms with Gasteiger partial charge in [-0.05, 0) is 47.2 Å². The van der Waals surface area contributed by atoms with Crippen LogP contribution >= 0.6 is 0 Å². The van der Waals surface area contributed by atoms with Gasteiger partial charge in [-0.2, -0.15) is 0 Å². The molecule has 1 aliphatic rings. The number of benzene rings is 4. The van der Waals surface area contributed by atoms with E-state index in [1.807, 2.05) is 42.5 Å². The molecule has 1 atom stereocenters. The molecule has 0 radical (unpaired) electrons. The standard InChI is InChI=1S/C27H24N2O5S/c30-27(28-16-17-33-22-15-14-20-8-4-5-9-21(20)18-22)26-19-29(24-12-6-7-13-25(24)34-26)35(31,32)23-10-2-1-3-11-23/h1-15,18,26H,16-17,19H2,(H,28,30)/t26-/m1/s1. The Labute approximate surface area is 204 Å². The number of hydrogen-bond donors (Lipinski definition) is 1. The average Bonchev–Trinajstić information content (AvgIpc) is 2.90. The normalized spacial score (nSPS) is 15.2. The fourth-order valence-electron chi connectivity index (χ4n) is 4.00. The van der Waals surface area contributed by atoms with Crippen molar-refractivity contribution >= 4 is 32.4 Å². The zero-order chi connectivity index (χ0) is 24.3. The van der Waals surface area contributed by atoms with Crippen molar-refractivity contribution in [2.75, 3.05) is 24.0 Å². The lowest BCUT2D eigenvalue weighted by Gasteiger charge is -2.34. The molecule has 0 saturated carbocycles. The van der Waals surface area contributed by atoms with E-state index in [2.05, 4.69) is 5.32 Å². The predicted molar refractivity (Wildman–Crippen MR) is 134 cm³/mol. The van der Waals surface area contributed by atoms with Crippen LogP contribution in [0, 0.1) is 0 Å². The summed E-state index contributed by atoms with van der Waals surface area (Å²) in [4.78, 5) is 13.0. The van der Waals surface area contributed by atoms with Crippen LogP contribution < -0.4 is 19.1 Å². The Balaban J connectivity index is 1.25. The van der Waals surface area contributed by atoms with E-state index in [9.17, 15) is 13.2 Å². The van der Waals surface area contributed by atoms with Crippen molar-refractivity contribution < 1.29 is 22.7 Å². The Morgan fingerprint density at radius 2 is 1.63 bits per heavy atom. The van der Waals surface area contributed by atoms with Crippen molar-refractivity contribution in [3.63, 3.8) is 0 Å². The lowest BCUT2D eigenvalue weighted by molar-refractivity contribution is -0.127. The van der Waals surface area contributed by atoms with E-state index in [0.29, 0.717) is 17.2 Å². The molecule has 1 N–H and O–H groups in total. The molecular formula is C27H24N2O5S. The van der Waals surface area contributed by atoms with Crippen molar-refractivity contribution in [1.29, 1.82) is 0 Å². The summed E-state index contributed by atoms with van der Waals surface area (Å²) in [6.07, 6.45) is -0.996. The van der Waals surface area contributed by atoms with Crippen LogP contribution in [0.25, 0.3) is 10.8 Å². The highest BCUT2D eigenvalue weighted by Crippen LogP contribution is 2.36.